The zero-order valence-corrected chi connectivity index (χ0v) is 10.4. The van der Waals surface area contributed by atoms with Gasteiger partial charge in [0.1, 0.15) is 12.3 Å². The molecule has 1 aromatic carbocycles. The van der Waals surface area contributed by atoms with Crippen LogP contribution in [0.2, 0.25) is 0 Å². The molecular weight excluding hydrogens is 246 g/mol. The number of hydrogen-bond donors (Lipinski definition) is 1. The van der Waals surface area contributed by atoms with Gasteiger partial charge in [-0.3, -0.25) is 14.5 Å². The average molecular weight is 259 g/mol. The van der Waals surface area contributed by atoms with E-state index in [0.29, 0.717) is 17.0 Å². The van der Waals surface area contributed by atoms with Gasteiger partial charge in [-0.2, -0.15) is 0 Å². The lowest BCUT2D eigenvalue weighted by molar-refractivity contribution is -0.135. The third-order valence-electron chi connectivity index (χ3n) is 2.70. The Balaban J connectivity index is 2.36. The first-order valence-electron chi connectivity index (χ1n) is 5.72. The number of rotatable bonds is 4. The maximum atomic E-state index is 12.4. The van der Waals surface area contributed by atoms with Crippen LogP contribution in [-0.2, 0) is 4.79 Å². The number of carboxylic acid groups (broad SMARTS) is 1. The van der Waals surface area contributed by atoms with Crippen LogP contribution in [0.15, 0.2) is 47.1 Å². The van der Waals surface area contributed by atoms with Crippen molar-refractivity contribution in [1.82, 2.24) is 0 Å². The fraction of sp³-hybridized carbons (Fsp3) is 0.143. The third kappa shape index (κ3) is 2.82. The van der Waals surface area contributed by atoms with E-state index in [0.717, 1.165) is 0 Å². The van der Waals surface area contributed by atoms with E-state index in [1.54, 1.807) is 37.3 Å². The minimum Gasteiger partial charge on any atom is -0.480 e. The fourth-order valence-corrected chi connectivity index (χ4v) is 1.78. The highest BCUT2D eigenvalue weighted by atomic mass is 16.4. The Kier molecular flexibility index (Phi) is 3.66. The molecule has 0 saturated heterocycles. The van der Waals surface area contributed by atoms with E-state index < -0.39 is 12.5 Å². The second kappa shape index (κ2) is 5.39. The quantitative estimate of drug-likeness (QED) is 0.914. The lowest BCUT2D eigenvalue weighted by Gasteiger charge is -2.20. The summed E-state index contributed by atoms with van der Waals surface area (Å²) in [5.41, 5.74) is 0.903. The maximum absolute atomic E-state index is 12.4. The predicted molar refractivity (Wildman–Crippen MR) is 69.2 cm³/mol. The van der Waals surface area contributed by atoms with Gasteiger partial charge in [0, 0.05) is 5.69 Å². The molecule has 0 atom stereocenters. The first-order chi connectivity index (χ1) is 9.09. The summed E-state index contributed by atoms with van der Waals surface area (Å²) in [7, 11) is 0. The number of amides is 1. The highest BCUT2D eigenvalue weighted by Gasteiger charge is 2.22. The molecule has 1 amide bonds. The molecule has 0 aliphatic carbocycles. The van der Waals surface area contributed by atoms with Gasteiger partial charge >= 0.3 is 5.97 Å². The second-order valence-electron chi connectivity index (χ2n) is 4.01. The lowest BCUT2D eigenvalue weighted by atomic mass is 10.2. The number of aryl methyl sites for hydroxylation is 1. The first-order valence-corrected chi connectivity index (χ1v) is 5.72. The molecule has 0 aliphatic rings. The summed E-state index contributed by atoms with van der Waals surface area (Å²) < 4.78 is 5.08. The number of carboxylic acids is 1. The molecule has 1 aromatic heterocycles. The largest absolute Gasteiger partial charge is 0.480 e. The summed E-state index contributed by atoms with van der Waals surface area (Å²) in [4.78, 5) is 24.5. The summed E-state index contributed by atoms with van der Waals surface area (Å²) in [6.07, 6.45) is 1.41. The molecule has 1 heterocycles. The molecule has 0 aliphatic heterocycles. The molecule has 5 heteroatoms. The number of hydrogen-bond acceptors (Lipinski definition) is 3. The number of benzene rings is 1. The number of carbonyl (C=O) groups excluding carboxylic acids is 1. The lowest BCUT2D eigenvalue weighted by Crippen LogP contribution is -2.35. The van der Waals surface area contributed by atoms with E-state index in [9.17, 15) is 9.59 Å². The van der Waals surface area contributed by atoms with Crippen molar-refractivity contribution in [2.24, 2.45) is 0 Å². The molecule has 19 heavy (non-hydrogen) atoms. The van der Waals surface area contributed by atoms with Crippen molar-refractivity contribution in [2.45, 2.75) is 6.92 Å². The van der Waals surface area contributed by atoms with Crippen LogP contribution in [0.5, 0.6) is 0 Å². The fourth-order valence-electron chi connectivity index (χ4n) is 1.78. The Hall–Kier alpha value is -2.56. The standard InChI is InChI=1S/C14H13NO4/c1-10-12(7-8-19-10)14(18)15(9-13(16)17)11-5-3-2-4-6-11/h2-8H,9H2,1H3,(H,16,17). The molecule has 2 aromatic rings. The van der Waals surface area contributed by atoms with Crippen LogP contribution in [0.1, 0.15) is 16.1 Å². The van der Waals surface area contributed by atoms with Crippen molar-refractivity contribution < 1.29 is 19.1 Å². The van der Waals surface area contributed by atoms with Crippen LogP contribution in [0, 0.1) is 6.92 Å². The van der Waals surface area contributed by atoms with E-state index >= 15 is 0 Å². The number of para-hydroxylation sites is 1. The van der Waals surface area contributed by atoms with Gasteiger partial charge in [-0.05, 0) is 25.1 Å². The number of aliphatic carboxylic acids is 1. The van der Waals surface area contributed by atoms with Gasteiger partial charge in [0.15, 0.2) is 0 Å². The van der Waals surface area contributed by atoms with Gasteiger partial charge in [-0.15, -0.1) is 0 Å². The summed E-state index contributed by atoms with van der Waals surface area (Å²) in [6.45, 7) is 1.27. The third-order valence-corrected chi connectivity index (χ3v) is 2.70. The van der Waals surface area contributed by atoms with Gasteiger partial charge in [0.2, 0.25) is 0 Å². The van der Waals surface area contributed by atoms with Gasteiger partial charge in [0.25, 0.3) is 5.91 Å². The van der Waals surface area contributed by atoms with E-state index in [1.807, 2.05) is 0 Å². The minimum atomic E-state index is -1.07. The monoisotopic (exact) mass is 259 g/mol. The van der Waals surface area contributed by atoms with Crippen molar-refractivity contribution in [2.75, 3.05) is 11.4 Å². The smallest absolute Gasteiger partial charge is 0.323 e. The van der Waals surface area contributed by atoms with Crippen molar-refractivity contribution >= 4 is 17.6 Å². The molecule has 2 rings (SSSR count). The van der Waals surface area contributed by atoms with Crippen LogP contribution in [0.4, 0.5) is 5.69 Å². The van der Waals surface area contributed by atoms with Crippen LogP contribution >= 0.6 is 0 Å². The molecule has 0 bridgehead atoms. The minimum absolute atomic E-state index is 0.366. The topological polar surface area (TPSA) is 70.8 Å². The number of carbonyl (C=O) groups is 2. The molecular formula is C14H13NO4. The SMILES string of the molecule is Cc1occc1C(=O)N(CC(=O)O)c1ccccc1. The van der Waals surface area contributed by atoms with Crippen LogP contribution in [0.25, 0.3) is 0 Å². The molecule has 0 fully saturated rings. The van der Waals surface area contributed by atoms with Crippen LogP contribution < -0.4 is 4.90 Å². The molecule has 1 N–H and O–H groups in total. The van der Waals surface area contributed by atoms with E-state index in [1.165, 1.54) is 17.2 Å². The first kappa shape index (κ1) is 12.9. The maximum Gasteiger partial charge on any atom is 0.323 e. The summed E-state index contributed by atoms with van der Waals surface area (Å²) in [5.74, 6) is -0.991. The Labute approximate surface area is 110 Å². The molecule has 0 saturated carbocycles. The second-order valence-corrected chi connectivity index (χ2v) is 4.01. The molecule has 0 radical (unpaired) electrons. The predicted octanol–water partition coefficient (Wildman–Crippen LogP) is 2.32. The van der Waals surface area contributed by atoms with Gasteiger partial charge in [0.05, 0.1) is 11.8 Å². The number of anilines is 1. The van der Waals surface area contributed by atoms with Crippen molar-refractivity contribution in [1.29, 1.82) is 0 Å². The zero-order chi connectivity index (χ0) is 13.8. The van der Waals surface area contributed by atoms with Crippen molar-refractivity contribution in [3.63, 3.8) is 0 Å². The van der Waals surface area contributed by atoms with Crippen molar-refractivity contribution in [3.8, 4) is 0 Å². The van der Waals surface area contributed by atoms with Gasteiger partial charge in [-0.25, -0.2) is 0 Å². The van der Waals surface area contributed by atoms with E-state index in [-0.39, 0.29) is 5.91 Å². The van der Waals surface area contributed by atoms with Gasteiger partial charge < -0.3 is 9.52 Å². The average Bonchev–Trinajstić information content (AvgIpc) is 2.82. The summed E-state index contributed by atoms with van der Waals surface area (Å²) in [6, 6.07) is 10.2. The van der Waals surface area contributed by atoms with Crippen LogP contribution in [0.3, 0.4) is 0 Å². The van der Waals surface area contributed by atoms with Crippen molar-refractivity contribution in [3.05, 3.63) is 54.0 Å². The highest BCUT2D eigenvalue weighted by molar-refractivity contribution is 6.08. The summed E-state index contributed by atoms with van der Waals surface area (Å²) in [5, 5.41) is 8.94. The van der Waals surface area contributed by atoms with Crippen LogP contribution in [-0.4, -0.2) is 23.5 Å². The normalized spacial score (nSPS) is 10.2. The number of nitrogens with zero attached hydrogens (tertiary/aromatic N) is 1. The Morgan fingerprint density at radius 2 is 1.89 bits per heavy atom. The van der Waals surface area contributed by atoms with E-state index in [4.69, 9.17) is 9.52 Å². The molecule has 0 spiro atoms. The van der Waals surface area contributed by atoms with Gasteiger partial charge in [-0.1, -0.05) is 18.2 Å². The Morgan fingerprint density at radius 3 is 2.42 bits per heavy atom. The molecule has 98 valence electrons. The Bertz CT molecular complexity index is 589. The molecule has 0 unspecified atom stereocenters. The number of furan rings is 1. The Morgan fingerprint density at radius 1 is 1.21 bits per heavy atom. The summed E-state index contributed by atoms with van der Waals surface area (Å²) >= 11 is 0. The van der Waals surface area contributed by atoms with E-state index in [2.05, 4.69) is 0 Å². The molecule has 5 nitrogen and oxygen atoms in total. The highest BCUT2D eigenvalue weighted by Crippen LogP contribution is 2.19. The zero-order valence-electron chi connectivity index (χ0n) is 10.4.